The minimum atomic E-state index is -0.637. The van der Waals surface area contributed by atoms with Crippen molar-refractivity contribution in [2.75, 3.05) is 26.2 Å². The summed E-state index contributed by atoms with van der Waals surface area (Å²) in [7, 11) is 0. The lowest BCUT2D eigenvalue weighted by molar-refractivity contribution is -0.133. The van der Waals surface area contributed by atoms with Crippen LogP contribution >= 0.6 is 11.6 Å². The van der Waals surface area contributed by atoms with Gasteiger partial charge in [-0.1, -0.05) is 11.6 Å². The van der Waals surface area contributed by atoms with Gasteiger partial charge in [0.25, 0.3) is 5.91 Å². The zero-order chi connectivity index (χ0) is 15.6. The number of piperazine rings is 1. The van der Waals surface area contributed by atoms with Gasteiger partial charge >= 0.3 is 0 Å². The van der Waals surface area contributed by atoms with Crippen LogP contribution in [0, 0.1) is 5.82 Å². The lowest BCUT2D eigenvalue weighted by Gasteiger charge is -2.35. The molecular weight excluding hydrogens is 297 g/mol. The number of nitrogens with two attached hydrogens (primary N) is 1. The lowest BCUT2D eigenvalue weighted by atomic mass is 10.1. The highest BCUT2D eigenvalue weighted by atomic mass is 35.5. The van der Waals surface area contributed by atoms with Gasteiger partial charge in [-0.3, -0.25) is 9.59 Å². The van der Waals surface area contributed by atoms with Crippen molar-refractivity contribution in [2.45, 2.75) is 13.0 Å². The molecule has 114 valence electrons. The van der Waals surface area contributed by atoms with Crippen LogP contribution in [0.3, 0.4) is 0 Å². The third kappa shape index (κ3) is 3.51. The smallest absolute Gasteiger partial charge is 0.256 e. The molecule has 2 N–H and O–H groups in total. The summed E-state index contributed by atoms with van der Waals surface area (Å²) in [5.74, 6) is -1.17. The molecule has 0 aliphatic carbocycles. The molecule has 0 radical (unpaired) electrons. The van der Waals surface area contributed by atoms with E-state index in [4.69, 9.17) is 17.3 Å². The Morgan fingerprint density at radius 3 is 2.33 bits per heavy atom. The summed E-state index contributed by atoms with van der Waals surface area (Å²) in [6.07, 6.45) is 0. The van der Waals surface area contributed by atoms with Gasteiger partial charge < -0.3 is 15.5 Å². The van der Waals surface area contributed by atoms with Gasteiger partial charge in [-0.15, -0.1) is 0 Å². The molecule has 0 spiro atoms. The van der Waals surface area contributed by atoms with Gasteiger partial charge in [0.05, 0.1) is 11.6 Å². The summed E-state index contributed by atoms with van der Waals surface area (Å²) < 4.78 is 13.8. The second-order valence-electron chi connectivity index (χ2n) is 5.03. The van der Waals surface area contributed by atoms with Crippen LogP contribution in [0.5, 0.6) is 0 Å². The van der Waals surface area contributed by atoms with Crippen molar-refractivity contribution in [3.8, 4) is 0 Å². The van der Waals surface area contributed by atoms with E-state index < -0.39 is 17.8 Å². The van der Waals surface area contributed by atoms with E-state index in [9.17, 15) is 14.0 Å². The average molecular weight is 314 g/mol. The number of nitrogens with zero attached hydrogens (tertiary/aromatic N) is 2. The van der Waals surface area contributed by atoms with Crippen LogP contribution in [0.25, 0.3) is 0 Å². The van der Waals surface area contributed by atoms with Crippen molar-refractivity contribution in [2.24, 2.45) is 5.73 Å². The van der Waals surface area contributed by atoms with Crippen molar-refractivity contribution >= 4 is 23.4 Å². The van der Waals surface area contributed by atoms with E-state index in [1.54, 1.807) is 11.8 Å². The molecule has 0 bridgehead atoms. The summed E-state index contributed by atoms with van der Waals surface area (Å²) in [4.78, 5) is 27.2. The molecule has 0 unspecified atom stereocenters. The Kier molecular flexibility index (Phi) is 4.80. The fourth-order valence-corrected chi connectivity index (χ4v) is 2.41. The SMILES string of the molecule is C[C@H](N)C(=O)N1CCN(C(=O)c2ccc(Cl)cc2F)CC1. The van der Waals surface area contributed by atoms with Crippen LogP contribution in [0.15, 0.2) is 18.2 Å². The Morgan fingerprint density at radius 2 is 1.81 bits per heavy atom. The van der Waals surface area contributed by atoms with E-state index in [1.165, 1.54) is 17.0 Å². The maximum Gasteiger partial charge on any atom is 0.256 e. The zero-order valence-corrected chi connectivity index (χ0v) is 12.4. The standard InChI is InChI=1S/C14H17ClFN3O2/c1-9(17)13(20)18-4-6-19(7-5-18)14(21)11-3-2-10(15)8-12(11)16/h2-3,8-9H,4-7,17H2,1H3/t9-/m0/s1. The molecule has 1 saturated heterocycles. The Morgan fingerprint density at radius 1 is 1.24 bits per heavy atom. The first-order valence-electron chi connectivity index (χ1n) is 6.69. The molecule has 1 aliphatic rings. The number of carbonyl (C=O) groups excluding carboxylic acids is 2. The molecule has 0 saturated carbocycles. The van der Waals surface area contributed by atoms with Gasteiger partial charge in [-0.25, -0.2) is 4.39 Å². The molecule has 2 rings (SSSR count). The van der Waals surface area contributed by atoms with E-state index >= 15 is 0 Å². The third-order valence-corrected chi connectivity index (χ3v) is 3.66. The van der Waals surface area contributed by atoms with Gasteiger partial charge in [0, 0.05) is 31.2 Å². The number of hydrogen-bond donors (Lipinski definition) is 1. The highest BCUT2D eigenvalue weighted by molar-refractivity contribution is 6.30. The quantitative estimate of drug-likeness (QED) is 0.889. The molecule has 1 heterocycles. The highest BCUT2D eigenvalue weighted by Crippen LogP contribution is 2.17. The van der Waals surface area contributed by atoms with Crippen molar-refractivity contribution in [3.05, 3.63) is 34.6 Å². The van der Waals surface area contributed by atoms with Crippen molar-refractivity contribution < 1.29 is 14.0 Å². The predicted octanol–water partition coefficient (Wildman–Crippen LogP) is 1.11. The van der Waals surface area contributed by atoms with Gasteiger partial charge in [0.15, 0.2) is 0 Å². The Bertz CT molecular complexity index is 557. The summed E-state index contributed by atoms with van der Waals surface area (Å²) in [6.45, 7) is 3.16. The molecule has 5 nitrogen and oxygen atoms in total. The molecule has 1 aromatic carbocycles. The van der Waals surface area contributed by atoms with E-state index in [0.717, 1.165) is 6.07 Å². The molecule has 7 heteroatoms. The van der Waals surface area contributed by atoms with Gasteiger partial charge in [-0.2, -0.15) is 0 Å². The summed E-state index contributed by atoms with van der Waals surface area (Å²) in [5, 5.41) is 0.247. The fourth-order valence-electron chi connectivity index (χ4n) is 2.25. The largest absolute Gasteiger partial charge is 0.338 e. The molecule has 1 atom stereocenters. The van der Waals surface area contributed by atoms with E-state index in [1.807, 2.05) is 0 Å². The van der Waals surface area contributed by atoms with Crippen LogP contribution in [0.4, 0.5) is 4.39 Å². The maximum atomic E-state index is 13.8. The summed E-state index contributed by atoms with van der Waals surface area (Å²) in [6, 6.07) is 3.42. The van der Waals surface area contributed by atoms with Crippen molar-refractivity contribution in [3.63, 3.8) is 0 Å². The van der Waals surface area contributed by atoms with Crippen molar-refractivity contribution in [1.82, 2.24) is 9.80 Å². The van der Waals surface area contributed by atoms with E-state index in [2.05, 4.69) is 0 Å². The molecule has 1 aliphatic heterocycles. The van der Waals surface area contributed by atoms with Crippen LogP contribution in [0.1, 0.15) is 17.3 Å². The first-order chi connectivity index (χ1) is 9.90. The Labute approximate surface area is 127 Å². The predicted molar refractivity (Wildman–Crippen MR) is 77.5 cm³/mol. The molecule has 2 amide bonds. The van der Waals surface area contributed by atoms with E-state index in [-0.39, 0.29) is 16.5 Å². The molecule has 21 heavy (non-hydrogen) atoms. The molecular formula is C14H17ClFN3O2. The Balaban J connectivity index is 2.02. The third-order valence-electron chi connectivity index (χ3n) is 3.43. The van der Waals surface area contributed by atoms with E-state index in [0.29, 0.717) is 26.2 Å². The second kappa shape index (κ2) is 6.41. The van der Waals surface area contributed by atoms with Crippen LogP contribution < -0.4 is 5.73 Å². The number of carbonyl (C=O) groups is 2. The minimum Gasteiger partial charge on any atom is -0.338 e. The van der Waals surface area contributed by atoms with Crippen molar-refractivity contribution in [1.29, 1.82) is 0 Å². The van der Waals surface area contributed by atoms with Crippen LogP contribution in [0.2, 0.25) is 5.02 Å². The number of halogens is 2. The number of amides is 2. The molecule has 1 fully saturated rings. The first kappa shape index (κ1) is 15.7. The lowest BCUT2D eigenvalue weighted by Crippen LogP contribution is -2.53. The number of hydrogen-bond acceptors (Lipinski definition) is 3. The van der Waals surface area contributed by atoms with Crippen LogP contribution in [-0.4, -0.2) is 53.8 Å². The van der Waals surface area contributed by atoms with Crippen LogP contribution in [-0.2, 0) is 4.79 Å². The van der Waals surface area contributed by atoms with Gasteiger partial charge in [0.2, 0.25) is 5.91 Å². The fraction of sp³-hybridized carbons (Fsp3) is 0.429. The Hall–Kier alpha value is -1.66. The number of benzene rings is 1. The second-order valence-corrected chi connectivity index (χ2v) is 5.47. The summed E-state index contributed by atoms with van der Waals surface area (Å²) >= 11 is 5.67. The summed E-state index contributed by atoms with van der Waals surface area (Å²) in [5.41, 5.74) is 5.54. The topological polar surface area (TPSA) is 66.6 Å². The molecule has 0 aromatic heterocycles. The van der Waals surface area contributed by atoms with Gasteiger partial charge in [-0.05, 0) is 25.1 Å². The average Bonchev–Trinajstić information content (AvgIpc) is 2.46. The normalized spacial score (nSPS) is 16.8. The molecule has 1 aromatic rings. The monoisotopic (exact) mass is 313 g/mol. The highest BCUT2D eigenvalue weighted by Gasteiger charge is 2.27. The first-order valence-corrected chi connectivity index (χ1v) is 7.06. The minimum absolute atomic E-state index is 0.00799. The number of rotatable bonds is 2. The van der Waals surface area contributed by atoms with Gasteiger partial charge in [0.1, 0.15) is 5.82 Å². The zero-order valence-electron chi connectivity index (χ0n) is 11.7. The maximum absolute atomic E-state index is 13.8.